The predicted octanol–water partition coefficient (Wildman–Crippen LogP) is 0.868. The second kappa shape index (κ2) is 4.60. The summed E-state index contributed by atoms with van der Waals surface area (Å²) in [5, 5.41) is 9.47. The Labute approximate surface area is 86.0 Å². The number of hydrogen-bond donors (Lipinski definition) is 1. The fourth-order valence-electron chi connectivity index (χ4n) is 2.50. The van der Waals surface area contributed by atoms with E-state index in [1.165, 1.54) is 12.8 Å². The number of ether oxygens (including phenoxy) is 1. The van der Waals surface area contributed by atoms with Crippen molar-refractivity contribution in [1.82, 2.24) is 4.90 Å². The molecule has 3 heteroatoms. The van der Waals surface area contributed by atoms with Gasteiger partial charge in [0.15, 0.2) is 0 Å². The molecular weight excluding hydrogens is 178 g/mol. The number of likely N-dealkylation sites (tertiary alicyclic amines) is 1. The Morgan fingerprint density at radius 3 is 2.93 bits per heavy atom. The van der Waals surface area contributed by atoms with Crippen molar-refractivity contribution in [3.63, 3.8) is 0 Å². The Hall–Kier alpha value is -0.120. The van der Waals surface area contributed by atoms with Crippen molar-refractivity contribution < 1.29 is 9.84 Å². The summed E-state index contributed by atoms with van der Waals surface area (Å²) in [5.41, 5.74) is 0. The minimum Gasteiger partial charge on any atom is -0.393 e. The van der Waals surface area contributed by atoms with E-state index < -0.39 is 0 Å². The number of aliphatic hydroxyl groups excluding tert-OH is 1. The van der Waals surface area contributed by atoms with Crippen LogP contribution in [-0.2, 0) is 4.74 Å². The third-order valence-corrected chi connectivity index (χ3v) is 3.48. The molecule has 3 nitrogen and oxygen atoms in total. The molecule has 0 aliphatic carbocycles. The van der Waals surface area contributed by atoms with Gasteiger partial charge in [-0.05, 0) is 38.6 Å². The lowest BCUT2D eigenvalue weighted by Gasteiger charge is -2.20. The smallest absolute Gasteiger partial charge is 0.0702 e. The summed E-state index contributed by atoms with van der Waals surface area (Å²) in [6.45, 7) is 6.11. The number of aliphatic hydroxyl groups is 1. The monoisotopic (exact) mass is 199 g/mol. The van der Waals surface area contributed by atoms with Gasteiger partial charge in [0, 0.05) is 19.7 Å². The highest BCUT2D eigenvalue weighted by atomic mass is 16.5. The van der Waals surface area contributed by atoms with Crippen LogP contribution in [0.25, 0.3) is 0 Å². The summed E-state index contributed by atoms with van der Waals surface area (Å²) < 4.78 is 5.61. The van der Waals surface area contributed by atoms with Gasteiger partial charge in [-0.1, -0.05) is 0 Å². The Bertz CT molecular complexity index is 178. The third-order valence-electron chi connectivity index (χ3n) is 3.48. The zero-order chi connectivity index (χ0) is 9.97. The summed E-state index contributed by atoms with van der Waals surface area (Å²) >= 11 is 0. The maximum Gasteiger partial charge on any atom is 0.0702 e. The van der Waals surface area contributed by atoms with Crippen LogP contribution >= 0.6 is 0 Å². The number of nitrogens with zero attached hydrogens (tertiary/aromatic N) is 1. The lowest BCUT2D eigenvalue weighted by Crippen LogP contribution is -2.31. The van der Waals surface area contributed by atoms with Crippen LogP contribution in [0, 0.1) is 5.92 Å². The molecule has 3 unspecified atom stereocenters. The Morgan fingerprint density at radius 2 is 2.36 bits per heavy atom. The molecule has 0 aromatic carbocycles. The summed E-state index contributed by atoms with van der Waals surface area (Å²) in [6.07, 6.45) is 3.89. The Balaban J connectivity index is 1.72. The SMILES string of the molecule is CC(O)C1CCN(CC2CCCO2)C1. The van der Waals surface area contributed by atoms with Gasteiger partial charge < -0.3 is 14.7 Å². The summed E-state index contributed by atoms with van der Waals surface area (Å²) in [5.74, 6) is 0.483. The van der Waals surface area contributed by atoms with Crippen LogP contribution in [0.15, 0.2) is 0 Å². The van der Waals surface area contributed by atoms with E-state index in [1.54, 1.807) is 0 Å². The molecule has 2 rings (SSSR count). The standard InChI is InChI=1S/C11H21NO2/c1-9(13)10-4-5-12(7-10)8-11-3-2-6-14-11/h9-11,13H,2-8H2,1H3. The average Bonchev–Trinajstić information content (AvgIpc) is 2.75. The van der Waals surface area contributed by atoms with E-state index in [0.717, 1.165) is 32.7 Å². The molecule has 0 saturated carbocycles. The second-order valence-corrected chi connectivity index (χ2v) is 4.68. The molecule has 2 saturated heterocycles. The molecule has 0 aromatic heterocycles. The van der Waals surface area contributed by atoms with Gasteiger partial charge in [-0.25, -0.2) is 0 Å². The summed E-state index contributed by atoms with van der Waals surface area (Å²) in [7, 11) is 0. The maximum absolute atomic E-state index is 9.47. The molecular formula is C11H21NO2. The molecule has 2 fully saturated rings. The molecule has 0 bridgehead atoms. The van der Waals surface area contributed by atoms with Crippen LogP contribution in [0.5, 0.6) is 0 Å². The van der Waals surface area contributed by atoms with E-state index in [4.69, 9.17) is 4.74 Å². The average molecular weight is 199 g/mol. The molecule has 0 radical (unpaired) electrons. The van der Waals surface area contributed by atoms with Crippen molar-refractivity contribution in [2.45, 2.75) is 38.4 Å². The van der Waals surface area contributed by atoms with E-state index in [9.17, 15) is 5.11 Å². The van der Waals surface area contributed by atoms with Crippen molar-refractivity contribution in [2.24, 2.45) is 5.92 Å². The zero-order valence-corrected chi connectivity index (χ0v) is 8.98. The lowest BCUT2D eigenvalue weighted by atomic mass is 10.0. The largest absolute Gasteiger partial charge is 0.393 e. The lowest BCUT2D eigenvalue weighted by molar-refractivity contribution is 0.0742. The van der Waals surface area contributed by atoms with Gasteiger partial charge >= 0.3 is 0 Å². The first-order chi connectivity index (χ1) is 6.75. The van der Waals surface area contributed by atoms with Crippen molar-refractivity contribution in [3.8, 4) is 0 Å². The van der Waals surface area contributed by atoms with Gasteiger partial charge in [0.25, 0.3) is 0 Å². The molecule has 14 heavy (non-hydrogen) atoms. The van der Waals surface area contributed by atoms with E-state index in [0.29, 0.717) is 12.0 Å². The zero-order valence-electron chi connectivity index (χ0n) is 8.98. The van der Waals surface area contributed by atoms with Crippen LogP contribution < -0.4 is 0 Å². The second-order valence-electron chi connectivity index (χ2n) is 4.68. The van der Waals surface area contributed by atoms with Crippen LogP contribution in [-0.4, -0.2) is 48.5 Å². The van der Waals surface area contributed by atoms with Gasteiger partial charge in [0.05, 0.1) is 12.2 Å². The first kappa shape index (κ1) is 10.4. The molecule has 2 aliphatic heterocycles. The predicted molar refractivity (Wildman–Crippen MR) is 55.2 cm³/mol. The van der Waals surface area contributed by atoms with Gasteiger partial charge in [-0.15, -0.1) is 0 Å². The third kappa shape index (κ3) is 2.47. The van der Waals surface area contributed by atoms with Crippen molar-refractivity contribution in [2.75, 3.05) is 26.2 Å². The highest BCUT2D eigenvalue weighted by Crippen LogP contribution is 2.22. The molecule has 82 valence electrons. The molecule has 2 aliphatic rings. The molecule has 1 N–H and O–H groups in total. The van der Waals surface area contributed by atoms with Crippen molar-refractivity contribution >= 4 is 0 Å². The van der Waals surface area contributed by atoms with Gasteiger partial charge in [-0.2, -0.15) is 0 Å². The Morgan fingerprint density at radius 1 is 1.50 bits per heavy atom. The fourth-order valence-corrected chi connectivity index (χ4v) is 2.50. The Kier molecular flexibility index (Phi) is 3.42. The minimum atomic E-state index is -0.149. The van der Waals surface area contributed by atoms with Gasteiger partial charge in [-0.3, -0.25) is 0 Å². The van der Waals surface area contributed by atoms with Crippen molar-refractivity contribution in [3.05, 3.63) is 0 Å². The summed E-state index contributed by atoms with van der Waals surface area (Å²) in [4.78, 5) is 2.44. The highest BCUT2D eigenvalue weighted by molar-refractivity contribution is 4.81. The first-order valence-electron chi connectivity index (χ1n) is 5.77. The quantitative estimate of drug-likeness (QED) is 0.732. The van der Waals surface area contributed by atoms with Gasteiger partial charge in [0.2, 0.25) is 0 Å². The van der Waals surface area contributed by atoms with E-state index in [-0.39, 0.29) is 6.10 Å². The first-order valence-corrected chi connectivity index (χ1v) is 5.77. The van der Waals surface area contributed by atoms with Crippen LogP contribution in [0.3, 0.4) is 0 Å². The minimum absolute atomic E-state index is 0.149. The molecule has 0 aromatic rings. The van der Waals surface area contributed by atoms with E-state index >= 15 is 0 Å². The van der Waals surface area contributed by atoms with Crippen LogP contribution in [0.4, 0.5) is 0 Å². The normalized spacial score (nSPS) is 36.4. The highest BCUT2D eigenvalue weighted by Gasteiger charge is 2.28. The van der Waals surface area contributed by atoms with Gasteiger partial charge in [0.1, 0.15) is 0 Å². The maximum atomic E-state index is 9.47. The van der Waals surface area contributed by atoms with Crippen molar-refractivity contribution in [1.29, 1.82) is 0 Å². The fraction of sp³-hybridized carbons (Fsp3) is 1.00. The molecule has 3 atom stereocenters. The van der Waals surface area contributed by atoms with E-state index in [1.807, 2.05) is 6.92 Å². The molecule has 0 spiro atoms. The summed E-state index contributed by atoms with van der Waals surface area (Å²) in [6, 6.07) is 0. The topological polar surface area (TPSA) is 32.7 Å². The molecule has 0 amide bonds. The number of rotatable bonds is 3. The molecule has 2 heterocycles. The van der Waals surface area contributed by atoms with Crippen LogP contribution in [0.2, 0.25) is 0 Å². The number of hydrogen-bond acceptors (Lipinski definition) is 3. The van der Waals surface area contributed by atoms with E-state index in [2.05, 4.69) is 4.90 Å². The van der Waals surface area contributed by atoms with Crippen LogP contribution in [0.1, 0.15) is 26.2 Å².